The van der Waals surface area contributed by atoms with Crippen molar-refractivity contribution in [2.24, 2.45) is 5.92 Å². The minimum Gasteiger partial charge on any atom is -0.480 e. The van der Waals surface area contributed by atoms with Crippen molar-refractivity contribution in [3.05, 3.63) is 12.2 Å². The van der Waals surface area contributed by atoms with E-state index in [9.17, 15) is 106 Å². The molecule has 1 saturated heterocycles. The number of imide groups is 1. The molecule has 3 atom stereocenters. The van der Waals surface area contributed by atoms with Crippen molar-refractivity contribution in [2.45, 2.75) is 63.5 Å². The lowest BCUT2D eigenvalue weighted by atomic mass is 9.97. The summed E-state index contributed by atoms with van der Waals surface area (Å²) in [6.07, 6.45) is -15.4. The van der Waals surface area contributed by atoms with E-state index in [0.717, 1.165) is 17.1 Å². The Hall–Kier alpha value is -7.07. The summed E-state index contributed by atoms with van der Waals surface area (Å²) in [6.45, 7) is 4.33. The van der Waals surface area contributed by atoms with Crippen LogP contribution in [0.15, 0.2) is 12.2 Å². The highest BCUT2D eigenvalue weighted by Crippen LogP contribution is 2.16. The van der Waals surface area contributed by atoms with Gasteiger partial charge in [0.15, 0.2) is 0 Å². The van der Waals surface area contributed by atoms with Crippen LogP contribution in [-0.2, 0) is 57.5 Å². The van der Waals surface area contributed by atoms with Gasteiger partial charge in [-0.1, -0.05) is 20.3 Å². The number of thioether (sulfide) groups is 1. The van der Waals surface area contributed by atoms with Crippen LogP contribution in [0.25, 0.3) is 0 Å². The minimum atomic E-state index is -5.08. The molecule has 0 aliphatic carbocycles. The molecule has 466 valence electrons. The third-order valence-corrected chi connectivity index (χ3v) is 10.6. The molecule has 27 nitrogen and oxygen atoms in total. The Labute approximate surface area is 454 Å². The number of carboxylic acids is 7. The normalized spacial score (nSPS) is 16.2. The number of halogens is 12. The highest BCUT2D eigenvalue weighted by atomic mass is 32.2. The Balaban J connectivity index is -0.00000176. The minimum absolute atomic E-state index is 0.0162. The smallest absolute Gasteiger partial charge is 0.480 e. The van der Waals surface area contributed by atoms with Crippen molar-refractivity contribution < 1.29 is 146 Å². The molecule has 10 N–H and O–H groups in total. The van der Waals surface area contributed by atoms with E-state index in [1.807, 2.05) is 13.2 Å². The molecule has 0 aromatic rings. The van der Waals surface area contributed by atoms with E-state index >= 15 is 0 Å². The van der Waals surface area contributed by atoms with Gasteiger partial charge in [0, 0.05) is 77.6 Å². The molecular weight excluding hydrogens is 1170 g/mol. The topological polar surface area (TPSA) is 399 Å². The molecular formula is C41H58F12N8O19S. The molecule has 0 radical (unpaired) electrons. The molecule has 1 unspecified atom stereocenters. The van der Waals surface area contributed by atoms with Gasteiger partial charge in [0.05, 0.1) is 26.2 Å². The first-order valence-corrected chi connectivity index (χ1v) is 23.9. The number of carboxylic acid groups (broad SMARTS) is 7. The van der Waals surface area contributed by atoms with Crippen LogP contribution in [0, 0.1) is 5.92 Å². The Morgan fingerprint density at radius 1 is 0.531 bits per heavy atom. The van der Waals surface area contributed by atoms with E-state index in [0.29, 0.717) is 12.2 Å². The van der Waals surface area contributed by atoms with Gasteiger partial charge in [-0.3, -0.25) is 62.9 Å². The lowest BCUT2D eigenvalue weighted by Crippen LogP contribution is -2.57. The van der Waals surface area contributed by atoms with E-state index in [1.54, 1.807) is 26.5 Å². The van der Waals surface area contributed by atoms with Gasteiger partial charge in [-0.2, -0.15) is 64.4 Å². The quantitative estimate of drug-likeness (QED) is 0.0558. The Kier molecular flexibility index (Phi) is 36.5. The number of alkyl halides is 12. The van der Waals surface area contributed by atoms with Crippen LogP contribution in [0.2, 0.25) is 0 Å². The number of carbonyl (C=O) groups excluding carboxylic acids is 5. The fourth-order valence-corrected chi connectivity index (χ4v) is 6.21. The number of carbonyl (C=O) groups is 12. The molecule has 0 bridgehead atoms. The summed E-state index contributed by atoms with van der Waals surface area (Å²) >= 11 is 1.47. The van der Waals surface area contributed by atoms with Crippen LogP contribution in [0.1, 0.15) is 26.7 Å². The maximum Gasteiger partial charge on any atom is 0.490 e. The molecule has 2 aliphatic heterocycles. The van der Waals surface area contributed by atoms with Crippen molar-refractivity contribution in [3.8, 4) is 0 Å². The number of hydrogen-bond donors (Lipinski definition) is 10. The SMILES string of the molecule is CCC(C)[C@H](NC(=O)[C@H](CCSC)NC(=O)CN1CCN(CC(=O)O)CCN(CC(=O)O)CCN(CC(=O)O)CC1)C(=O)NCCN1C(=O)C=CC1=O.O=C(O)C(F)(F)F.O=C(O)C(F)(F)F.O=C(O)C(F)(F)F.O=C(O)C(F)(F)F. The number of amides is 5. The second-order valence-electron chi connectivity index (χ2n) is 16.2. The fraction of sp³-hybridized carbons (Fsp3) is 0.659. The van der Waals surface area contributed by atoms with Crippen molar-refractivity contribution in [3.63, 3.8) is 0 Å². The van der Waals surface area contributed by atoms with E-state index in [1.165, 1.54) is 11.8 Å². The average molecular weight is 1230 g/mol. The van der Waals surface area contributed by atoms with Gasteiger partial charge in [0.2, 0.25) is 17.7 Å². The summed E-state index contributed by atoms with van der Waals surface area (Å²) in [5.74, 6) is -16.5. The number of nitrogens with one attached hydrogen (secondary N) is 3. The molecule has 0 saturated carbocycles. The first-order valence-electron chi connectivity index (χ1n) is 22.6. The molecule has 2 aliphatic rings. The van der Waals surface area contributed by atoms with Gasteiger partial charge >= 0.3 is 66.5 Å². The molecule has 81 heavy (non-hydrogen) atoms. The Morgan fingerprint density at radius 3 is 1.09 bits per heavy atom. The lowest BCUT2D eigenvalue weighted by Gasteiger charge is -2.33. The Bertz CT molecular complexity index is 2010. The van der Waals surface area contributed by atoms with Gasteiger partial charge in [0.1, 0.15) is 12.1 Å². The number of hydrogen-bond acceptors (Lipinski definition) is 17. The molecule has 2 heterocycles. The maximum atomic E-state index is 13.6. The van der Waals surface area contributed by atoms with Crippen molar-refractivity contribution in [1.29, 1.82) is 0 Å². The zero-order chi connectivity index (χ0) is 63.8. The first kappa shape index (κ1) is 78.2. The lowest BCUT2D eigenvalue weighted by molar-refractivity contribution is -0.193. The van der Waals surface area contributed by atoms with Crippen LogP contribution in [-0.4, -0.2) is 272 Å². The maximum absolute atomic E-state index is 13.6. The standard InChI is InChI=1S/C33H54N8O11S.4C2HF3O2/c1-4-23(2)31(33(52)34-8-9-41-26(43)5-6-27(41)44)36-32(51)24(7-18-53-3)35-25(42)19-37-10-12-38(20-28(45)46)14-16-40(22-30(49)50)17-15-39(13-11-37)21-29(47)48;4*3-2(4,5)1(6)7/h5-6,23-24,31H,4,7-22H2,1-3H3,(H,34,52)(H,35,42)(H,36,51)(H,45,46)(H,47,48)(H,49,50);4*(H,6,7)/t23?,24-,31-;;;;/m0..../s1. The highest BCUT2D eigenvalue weighted by Gasteiger charge is 2.40. The van der Waals surface area contributed by atoms with Crippen molar-refractivity contribution in [1.82, 2.24) is 40.4 Å². The van der Waals surface area contributed by atoms with Crippen LogP contribution in [0.4, 0.5) is 52.7 Å². The summed E-state index contributed by atoms with van der Waals surface area (Å²) in [5, 5.41) is 65.1. The van der Waals surface area contributed by atoms with E-state index in [-0.39, 0.29) is 104 Å². The molecule has 5 amide bonds. The number of aliphatic carboxylic acids is 7. The molecule has 1 fully saturated rings. The van der Waals surface area contributed by atoms with E-state index in [2.05, 4.69) is 16.0 Å². The summed E-state index contributed by atoms with van der Waals surface area (Å²) in [7, 11) is 0. The van der Waals surface area contributed by atoms with Crippen molar-refractivity contribution in [2.75, 3.05) is 104 Å². The van der Waals surface area contributed by atoms with Gasteiger partial charge in [0.25, 0.3) is 11.8 Å². The van der Waals surface area contributed by atoms with Crippen LogP contribution in [0.5, 0.6) is 0 Å². The second-order valence-corrected chi connectivity index (χ2v) is 17.2. The molecule has 0 aromatic carbocycles. The average Bonchev–Trinajstić information content (AvgIpc) is 3.64. The largest absolute Gasteiger partial charge is 0.490 e. The van der Waals surface area contributed by atoms with Crippen LogP contribution >= 0.6 is 11.8 Å². The predicted octanol–water partition coefficient (Wildman–Crippen LogP) is -0.195. The fourth-order valence-electron chi connectivity index (χ4n) is 5.74. The molecule has 40 heteroatoms. The zero-order valence-electron chi connectivity index (χ0n) is 42.6. The molecule has 0 aromatic heterocycles. The number of nitrogens with zero attached hydrogens (tertiary/aromatic N) is 5. The van der Waals surface area contributed by atoms with E-state index < -0.39 is 108 Å². The third kappa shape index (κ3) is 38.3. The molecule has 2 rings (SSSR count). The number of rotatable bonds is 20. The summed E-state index contributed by atoms with van der Waals surface area (Å²) in [4.78, 5) is 142. The van der Waals surface area contributed by atoms with Gasteiger partial charge < -0.3 is 51.7 Å². The summed E-state index contributed by atoms with van der Waals surface area (Å²) in [6, 6.07) is -1.97. The van der Waals surface area contributed by atoms with Gasteiger partial charge in [-0.15, -0.1) is 0 Å². The zero-order valence-corrected chi connectivity index (χ0v) is 43.4. The molecule has 0 spiro atoms. The Morgan fingerprint density at radius 2 is 0.827 bits per heavy atom. The van der Waals surface area contributed by atoms with Gasteiger partial charge in [-0.25, -0.2) is 19.2 Å². The van der Waals surface area contributed by atoms with Crippen molar-refractivity contribution >= 4 is 83.1 Å². The monoisotopic (exact) mass is 1230 g/mol. The van der Waals surface area contributed by atoms with Crippen LogP contribution < -0.4 is 16.0 Å². The second kappa shape index (κ2) is 37.8. The predicted molar refractivity (Wildman–Crippen MR) is 249 cm³/mol. The highest BCUT2D eigenvalue weighted by molar-refractivity contribution is 7.98. The third-order valence-electron chi connectivity index (χ3n) is 9.93. The summed E-state index contributed by atoms with van der Waals surface area (Å²) in [5.41, 5.74) is 0. The first-order chi connectivity index (χ1) is 36.9. The van der Waals surface area contributed by atoms with E-state index in [4.69, 9.17) is 39.6 Å². The van der Waals surface area contributed by atoms with Crippen LogP contribution in [0.3, 0.4) is 0 Å². The summed E-state index contributed by atoms with van der Waals surface area (Å²) < 4.78 is 127. The van der Waals surface area contributed by atoms with Gasteiger partial charge in [-0.05, 0) is 24.3 Å².